The van der Waals surface area contributed by atoms with Gasteiger partial charge in [0.05, 0.1) is 13.2 Å². The number of likely N-dealkylation sites (N-methyl/N-ethyl adjacent to an activating group) is 1. The molecule has 1 spiro atoms. The van der Waals surface area contributed by atoms with Gasteiger partial charge in [0, 0.05) is 17.0 Å². The van der Waals surface area contributed by atoms with Gasteiger partial charge in [0.2, 0.25) is 0 Å². The molecule has 5 rings (SSSR count). The standard InChI is InChI=1S/C18H23NO3.H2O4S/c1-19-8-7-18-11-4-5-13(20)17(18)22-16-14(21-2)6-3-10(15(16)18)9-12(11)19;1-5(2,3)4/h3,6,11-13,17,20H,4-5,7-9H2,1-2H3;(H2,1,2,3,4)/t11-,12+,13-,17-,18-;/m0./s1. The maximum atomic E-state index is 10.6. The number of benzene rings is 1. The second-order valence-corrected chi connectivity index (χ2v) is 8.81. The lowest BCUT2D eigenvalue weighted by Crippen LogP contribution is -2.66. The Morgan fingerprint density at radius 3 is 2.67 bits per heavy atom. The van der Waals surface area contributed by atoms with Crippen LogP contribution in [0.15, 0.2) is 12.1 Å². The van der Waals surface area contributed by atoms with Crippen molar-refractivity contribution >= 4 is 10.4 Å². The Labute approximate surface area is 158 Å². The van der Waals surface area contributed by atoms with Gasteiger partial charge in [0.1, 0.15) is 6.10 Å². The summed E-state index contributed by atoms with van der Waals surface area (Å²) in [6.45, 7) is 1.09. The first-order valence-corrected chi connectivity index (χ1v) is 10.5. The highest BCUT2D eigenvalue weighted by molar-refractivity contribution is 7.79. The van der Waals surface area contributed by atoms with Crippen LogP contribution in [0, 0.1) is 5.92 Å². The zero-order valence-corrected chi connectivity index (χ0v) is 16.1. The largest absolute Gasteiger partial charge is 0.493 e. The summed E-state index contributed by atoms with van der Waals surface area (Å²) in [5, 5.41) is 10.6. The molecule has 0 aromatic heterocycles. The van der Waals surface area contributed by atoms with Crippen LogP contribution in [0.2, 0.25) is 0 Å². The zero-order chi connectivity index (χ0) is 19.6. The van der Waals surface area contributed by atoms with Crippen LogP contribution < -0.4 is 9.47 Å². The third-order valence-electron chi connectivity index (χ3n) is 6.77. The van der Waals surface area contributed by atoms with E-state index in [0.29, 0.717) is 12.0 Å². The lowest BCUT2D eigenvalue weighted by Gasteiger charge is -2.58. The second-order valence-electron chi connectivity index (χ2n) is 7.91. The summed E-state index contributed by atoms with van der Waals surface area (Å²) in [5.41, 5.74) is 2.77. The molecule has 1 saturated heterocycles. The van der Waals surface area contributed by atoms with Crippen LogP contribution in [0.3, 0.4) is 0 Å². The average molecular weight is 399 g/mol. The summed E-state index contributed by atoms with van der Waals surface area (Å²) in [6.07, 6.45) is 3.69. The Hall–Kier alpha value is -1.39. The minimum absolute atomic E-state index is 0.00625. The van der Waals surface area contributed by atoms with Crippen molar-refractivity contribution in [3.63, 3.8) is 0 Å². The molecule has 0 unspecified atom stereocenters. The number of aliphatic hydroxyl groups is 1. The lowest BCUT2D eigenvalue weighted by atomic mass is 9.51. The van der Waals surface area contributed by atoms with Crippen molar-refractivity contribution in [3.05, 3.63) is 23.3 Å². The second kappa shape index (κ2) is 6.31. The molecule has 5 atom stereocenters. The fourth-order valence-electron chi connectivity index (χ4n) is 5.86. The lowest BCUT2D eigenvalue weighted by molar-refractivity contribution is -0.0993. The molecular formula is C18H25NO7S. The highest BCUT2D eigenvalue weighted by Crippen LogP contribution is 2.63. The summed E-state index contributed by atoms with van der Waals surface area (Å²) in [6, 6.07) is 4.83. The first-order chi connectivity index (χ1) is 12.7. The number of methoxy groups -OCH3 is 1. The van der Waals surface area contributed by atoms with E-state index >= 15 is 0 Å². The molecule has 1 aromatic rings. The van der Waals surface area contributed by atoms with Crippen LogP contribution in [-0.4, -0.2) is 66.5 Å². The minimum Gasteiger partial charge on any atom is -0.493 e. The van der Waals surface area contributed by atoms with Crippen molar-refractivity contribution < 1.29 is 32.1 Å². The number of rotatable bonds is 1. The van der Waals surface area contributed by atoms with Crippen LogP contribution in [0.1, 0.15) is 30.4 Å². The molecule has 2 aliphatic heterocycles. The van der Waals surface area contributed by atoms with E-state index in [1.807, 2.05) is 6.07 Å². The van der Waals surface area contributed by atoms with E-state index in [9.17, 15) is 5.11 Å². The fraction of sp³-hybridized carbons (Fsp3) is 0.667. The van der Waals surface area contributed by atoms with Gasteiger partial charge in [-0.3, -0.25) is 9.11 Å². The third kappa shape index (κ3) is 2.84. The molecule has 1 aromatic carbocycles. The van der Waals surface area contributed by atoms with Gasteiger partial charge in [-0.2, -0.15) is 8.42 Å². The number of aliphatic hydroxyl groups excluding tert-OH is 1. The van der Waals surface area contributed by atoms with Crippen LogP contribution in [0.4, 0.5) is 0 Å². The molecule has 8 nitrogen and oxygen atoms in total. The normalized spacial score (nSPS) is 36.2. The van der Waals surface area contributed by atoms with E-state index in [1.54, 1.807) is 7.11 Å². The van der Waals surface area contributed by atoms with Crippen molar-refractivity contribution in [3.8, 4) is 11.5 Å². The molecule has 3 N–H and O–H groups in total. The first kappa shape index (κ1) is 18.9. The van der Waals surface area contributed by atoms with Crippen molar-refractivity contribution in [1.29, 1.82) is 0 Å². The Morgan fingerprint density at radius 1 is 1.30 bits per heavy atom. The van der Waals surface area contributed by atoms with Gasteiger partial charge in [-0.05, 0) is 56.8 Å². The van der Waals surface area contributed by atoms with E-state index < -0.39 is 10.4 Å². The molecule has 0 amide bonds. The minimum atomic E-state index is -4.67. The maximum Gasteiger partial charge on any atom is 0.394 e. The van der Waals surface area contributed by atoms with Crippen LogP contribution >= 0.6 is 0 Å². The van der Waals surface area contributed by atoms with Gasteiger partial charge < -0.3 is 19.5 Å². The first-order valence-electron chi connectivity index (χ1n) is 9.12. The van der Waals surface area contributed by atoms with Gasteiger partial charge in [-0.1, -0.05) is 6.07 Å². The molecule has 2 bridgehead atoms. The molecule has 150 valence electrons. The van der Waals surface area contributed by atoms with Crippen molar-refractivity contribution in [2.45, 2.75) is 49.3 Å². The molecule has 27 heavy (non-hydrogen) atoms. The van der Waals surface area contributed by atoms with Crippen LogP contribution in [-0.2, 0) is 22.2 Å². The van der Waals surface area contributed by atoms with Gasteiger partial charge in [0.25, 0.3) is 0 Å². The summed E-state index contributed by atoms with van der Waals surface area (Å²) >= 11 is 0. The van der Waals surface area contributed by atoms with Gasteiger partial charge in [0.15, 0.2) is 11.5 Å². The monoisotopic (exact) mass is 399 g/mol. The fourth-order valence-corrected chi connectivity index (χ4v) is 5.86. The maximum absolute atomic E-state index is 10.6. The zero-order valence-electron chi connectivity index (χ0n) is 15.3. The van der Waals surface area contributed by atoms with Crippen molar-refractivity contribution in [1.82, 2.24) is 4.90 Å². The Morgan fingerprint density at radius 2 is 2.00 bits per heavy atom. The molecular weight excluding hydrogens is 374 g/mol. The van der Waals surface area contributed by atoms with Gasteiger partial charge in [-0.25, -0.2) is 0 Å². The predicted molar refractivity (Wildman–Crippen MR) is 96.7 cm³/mol. The summed E-state index contributed by atoms with van der Waals surface area (Å²) in [7, 11) is -0.710. The summed E-state index contributed by atoms with van der Waals surface area (Å²) < 4.78 is 43.5. The van der Waals surface area contributed by atoms with E-state index in [-0.39, 0.29) is 17.6 Å². The summed E-state index contributed by atoms with van der Waals surface area (Å²) in [4.78, 5) is 2.52. The molecule has 2 heterocycles. The topological polar surface area (TPSA) is 117 Å². The molecule has 4 aliphatic rings. The number of nitrogens with zero attached hydrogens (tertiary/aromatic N) is 1. The molecule has 0 radical (unpaired) electrons. The Balaban J connectivity index is 0.000000323. The van der Waals surface area contributed by atoms with Gasteiger partial charge in [-0.15, -0.1) is 0 Å². The number of hydrogen-bond acceptors (Lipinski definition) is 6. The summed E-state index contributed by atoms with van der Waals surface area (Å²) in [5.74, 6) is 2.34. The Bertz CT molecular complexity index is 850. The highest BCUT2D eigenvalue weighted by atomic mass is 32.3. The van der Waals surface area contributed by atoms with Crippen LogP contribution in [0.5, 0.6) is 11.5 Å². The third-order valence-corrected chi connectivity index (χ3v) is 6.77. The van der Waals surface area contributed by atoms with E-state index in [1.165, 1.54) is 11.1 Å². The smallest absolute Gasteiger partial charge is 0.394 e. The quantitative estimate of drug-likeness (QED) is 0.601. The van der Waals surface area contributed by atoms with E-state index in [0.717, 1.165) is 43.7 Å². The van der Waals surface area contributed by atoms with E-state index in [4.69, 9.17) is 27.0 Å². The van der Waals surface area contributed by atoms with Gasteiger partial charge >= 0.3 is 10.4 Å². The number of hydrogen-bond donors (Lipinski definition) is 3. The molecule has 1 saturated carbocycles. The number of ether oxygens (including phenoxy) is 2. The number of piperidine rings is 1. The van der Waals surface area contributed by atoms with Crippen molar-refractivity contribution in [2.24, 2.45) is 5.92 Å². The SMILES string of the molecule is COc1ccc2c3c1O[C@H]1[C@@H](O)CC[C@H]4[C@@H](C2)N(C)CC[C@@]341.O=S(=O)(O)O. The van der Waals surface area contributed by atoms with E-state index in [2.05, 4.69) is 18.0 Å². The highest BCUT2D eigenvalue weighted by Gasteiger charge is 2.65. The molecule has 9 heteroatoms. The Kier molecular flexibility index (Phi) is 4.43. The predicted octanol–water partition coefficient (Wildman–Crippen LogP) is 1.07. The number of likely N-dealkylation sites (tertiary alicyclic amines) is 1. The molecule has 2 aliphatic carbocycles. The van der Waals surface area contributed by atoms with Crippen LogP contribution in [0.25, 0.3) is 0 Å². The molecule has 2 fully saturated rings. The van der Waals surface area contributed by atoms with Crippen molar-refractivity contribution in [2.75, 3.05) is 20.7 Å². The average Bonchev–Trinajstić information content (AvgIpc) is 2.93.